The summed E-state index contributed by atoms with van der Waals surface area (Å²) in [5, 5.41) is 13.1. The molecule has 0 heterocycles. The van der Waals surface area contributed by atoms with Crippen LogP contribution in [0.5, 0.6) is 0 Å². The van der Waals surface area contributed by atoms with Crippen molar-refractivity contribution in [3.05, 3.63) is 144 Å². The fourth-order valence-corrected chi connectivity index (χ4v) is 7.69. The molecule has 0 saturated carbocycles. The van der Waals surface area contributed by atoms with Crippen LogP contribution in [-0.2, 0) is 0 Å². The second-order valence-corrected chi connectivity index (χ2v) is 12.1. The van der Waals surface area contributed by atoms with Gasteiger partial charge in [0.05, 0.1) is 0 Å². The van der Waals surface area contributed by atoms with Crippen molar-refractivity contribution in [2.75, 3.05) is 0 Å². The van der Waals surface area contributed by atoms with Crippen molar-refractivity contribution in [1.29, 1.82) is 0 Å². The Hall–Kier alpha value is -5.20. The first-order chi connectivity index (χ1) is 23.1. The molecule has 9 rings (SSSR count). The SMILES string of the molecule is C=C1c2ccccc2-c2cc3c(cc(-c4ccc5ccc6cccc7ccc4c5c67)c4cc(C)ccc43)c(/C=C\CC)c21.CC.CC. The number of fused-ring (bicyclic) bond motifs is 6. The van der Waals surface area contributed by atoms with Crippen molar-refractivity contribution in [3.63, 3.8) is 0 Å². The van der Waals surface area contributed by atoms with E-state index in [0.717, 1.165) is 12.0 Å². The molecule has 0 aliphatic heterocycles. The summed E-state index contributed by atoms with van der Waals surface area (Å²) in [4.78, 5) is 0. The van der Waals surface area contributed by atoms with Crippen molar-refractivity contribution in [2.45, 2.75) is 48.0 Å². The van der Waals surface area contributed by atoms with Crippen molar-refractivity contribution in [2.24, 2.45) is 0 Å². The Balaban J connectivity index is 0.000000848. The van der Waals surface area contributed by atoms with Crippen LogP contribution in [0.4, 0.5) is 0 Å². The number of hydrogen-bond acceptors (Lipinski definition) is 0. The Morgan fingerprint density at radius 3 is 1.89 bits per heavy atom. The molecule has 0 fully saturated rings. The molecular weight excluding hydrogens is 565 g/mol. The fraction of sp³-hybridized carbons (Fsp3) is 0.149. The predicted octanol–water partition coefficient (Wildman–Crippen LogP) is 14.4. The van der Waals surface area contributed by atoms with Gasteiger partial charge in [-0.1, -0.05) is 156 Å². The normalized spacial score (nSPS) is 12.1. The molecule has 1 aliphatic rings. The molecule has 8 aromatic carbocycles. The number of rotatable bonds is 3. The van der Waals surface area contributed by atoms with Crippen LogP contribution in [0.2, 0.25) is 0 Å². The van der Waals surface area contributed by atoms with Crippen molar-refractivity contribution >= 4 is 65.5 Å². The summed E-state index contributed by atoms with van der Waals surface area (Å²) in [6.07, 6.45) is 5.62. The van der Waals surface area contributed by atoms with Gasteiger partial charge in [0.2, 0.25) is 0 Å². The highest BCUT2D eigenvalue weighted by atomic mass is 14.3. The van der Waals surface area contributed by atoms with Crippen LogP contribution in [0.15, 0.2) is 122 Å². The quantitative estimate of drug-likeness (QED) is 0.176. The van der Waals surface area contributed by atoms with Gasteiger partial charge in [0, 0.05) is 0 Å². The van der Waals surface area contributed by atoms with Gasteiger partial charge in [-0.3, -0.25) is 0 Å². The first-order valence-electron chi connectivity index (χ1n) is 17.3. The van der Waals surface area contributed by atoms with Gasteiger partial charge >= 0.3 is 0 Å². The molecule has 0 nitrogen and oxygen atoms in total. The molecule has 47 heavy (non-hydrogen) atoms. The van der Waals surface area contributed by atoms with Crippen molar-refractivity contribution in [3.8, 4) is 22.3 Å². The van der Waals surface area contributed by atoms with E-state index in [2.05, 4.69) is 142 Å². The van der Waals surface area contributed by atoms with Crippen molar-refractivity contribution in [1.82, 2.24) is 0 Å². The fourth-order valence-electron chi connectivity index (χ4n) is 7.69. The minimum Gasteiger partial charge on any atom is -0.0905 e. The summed E-state index contributed by atoms with van der Waals surface area (Å²) < 4.78 is 0. The van der Waals surface area contributed by atoms with Gasteiger partial charge in [-0.2, -0.15) is 0 Å². The van der Waals surface area contributed by atoms with E-state index < -0.39 is 0 Å². The third-order valence-electron chi connectivity index (χ3n) is 9.63. The summed E-state index contributed by atoms with van der Waals surface area (Å²) in [6.45, 7) is 17.0. The summed E-state index contributed by atoms with van der Waals surface area (Å²) in [6, 6.07) is 41.1. The highest BCUT2D eigenvalue weighted by Gasteiger charge is 2.27. The molecule has 0 radical (unpaired) electrons. The molecule has 0 atom stereocenters. The monoisotopic (exact) mass is 606 g/mol. The van der Waals surface area contributed by atoms with Gasteiger partial charge < -0.3 is 0 Å². The van der Waals surface area contributed by atoms with E-state index in [1.807, 2.05) is 27.7 Å². The van der Waals surface area contributed by atoms with Crippen molar-refractivity contribution < 1.29 is 0 Å². The van der Waals surface area contributed by atoms with Crippen LogP contribution in [0.1, 0.15) is 63.3 Å². The predicted molar refractivity (Wildman–Crippen MR) is 211 cm³/mol. The van der Waals surface area contributed by atoms with E-state index in [1.165, 1.54) is 98.4 Å². The van der Waals surface area contributed by atoms with E-state index in [9.17, 15) is 0 Å². The first kappa shape index (κ1) is 30.5. The van der Waals surface area contributed by atoms with Gasteiger partial charge in [0.15, 0.2) is 0 Å². The highest BCUT2D eigenvalue weighted by Crippen LogP contribution is 2.50. The Kier molecular flexibility index (Phi) is 7.90. The Labute approximate surface area is 279 Å². The molecule has 1 aliphatic carbocycles. The lowest BCUT2D eigenvalue weighted by Gasteiger charge is -2.19. The molecule has 0 heteroatoms. The molecule has 8 aromatic rings. The van der Waals surface area contributed by atoms with Gasteiger partial charge in [-0.05, 0) is 124 Å². The summed E-state index contributed by atoms with van der Waals surface area (Å²) in [5.41, 5.74) is 11.3. The lowest BCUT2D eigenvalue weighted by molar-refractivity contribution is 1.23. The molecule has 0 bridgehead atoms. The van der Waals surface area contributed by atoms with E-state index in [1.54, 1.807) is 0 Å². The van der Waals surface area contributed by atoms with Crippen LogP contribution in [0, 0.1) is 6.92 Å². The zero-order chi connectivity index (χ0) is 32.8. The number of allylic oxidation sites excluding steroid dienone is 1. The van der Waals surface area contributed by atoms with E-state index >= 15 is 0 Å². The zero-order valence-corrected chi connectivity index (χ0v) is 28.5. The Bertz CT molecular complexity index is 2490. The second kappa shape index (κ2) is 12.2. The summed E-state index contributed by atoms with van der Waals surface area (Å²) in [7, 11) is 0. The van der Waals surface area contributed by atoms with Crippen LogP contribution < -0.4 is 0 Å². The molecular formula is C47H42. The highest BCUT2D eigenvalue weighted by molar-refractivity contribution is 6.27. The number of benzene rings is 8. The largest absolute Gasteiger partial charge is 0.0905 e. The maximum Gasteiger partial charge on any atom is -0.00206 e. The molecule has 230 valence electrons. The van der Waals surface area contributed by atoms with E-state index in [-0.39, 0.29) is 0 Å². The van der Waals surface area contributed by atoms with Crippen LogP contribution in [0.25, 0.3) is 87.8 Å². The number of aryl methyl sites for hydroxylation is 1. The molecule has 0 amide bonds. The van der Waals surface area contributed by atoms with Gasteiger partial charge in [0.1, 0.15) is 0 Å². The maximum atomic E-state index is 4.62. The average Bonchev–Trinajstić information content (AvgIpc) is 3.41. The zero-order valence-electron chi connectivity index (χ0n) is 28.5. The lowest BCUT2D eigenvalue weighted by atomic mass is 9.84. The first-order valence-corrected chi connectivity index (χ1v) is 17.3. The molecule has 0 saturated heterocycles. The third kappa shape index (κ3) is 4.58. The standard InChI is InChI=1S/C43H30.2C2H6/c1-4-5-11-34-39-23-37(32-20-17-29-16-15-27-9-8-10-28-18-21-35(32)43(29)42(27)28)36-22-25(2)14-19-33(36)38(39)24-40-31-13-7-6-12-30(31)26(3)41(34)40;2*1-2/h5-24H,3-4H2,1-2H3;2*1-2H3/b11-5-;;. The van der Waals surface area contributed by atoms with Crippen LogP contribution in [-0.4, -0.2) is 0 Å². The molecule has 0 aromatic heterocycles. The molecule has 0 N–H and O–H groups in total. The van der Waals surface area contributed by atoms with Crippen LogP contribution >= 0.6 is 0 Å². The lowest BCUT2D eigenvalue weighted by Crippen LogP contribution is -1.93. The molecule has 0 unspecified atom stereocenters. The third-order valence-corrected chi connectivity index (χ3v) is 9.63. The second-order valence-electron chi connectivity index (χ2n) is 12.1. The average molecular weight is 607 g/mol. The summed E-state index contributed by atoms with van der Waals surface area (Å²) >= 11 is 0. The Morgan fingerprint density at radius 1 is 0.511 bits per heavy atom. The van der Waals surface area contributed by atoms with Gasteiger partial charge in [-0.25, -0.2) is 0 Å². The van der Waals surface area contributed by atoms with E-state index in [4.69, 9.17) is 0 Å². The topological polar surface area (TPSA) is 0 Å². The minimum absolute atomic E-state index is 0.985. The van der Waals surface area contributed by atoms with E-state index in [0.29, 0.717) is 0 Å². The number of hydrogen-bond donors (Lipinski definition) is 0. The smallest absolute Gasteiger partial charge is 0.00206 e. The Morgan fingerprint density at radius 2 is 1.15 bits per heavy atom. The van der Waals surface area contributed by atoms with Crippen LogP contribution in [0.3, 0.4) is 0 Å². The van der Waals surface area contributed by atoms with Gasteiger partial charge in [0.25, 0.3) is 0 Å². The van der Waals surface area contributed by atoms with Gasteiger partial charge in [-0.15, -0.1) is 0 Å². The minimum atomic E-state index is 0.985. The maximum absolute atomic E-state index is 4.62. The summed E-state index contributed by atoms with van der Waals surface area (Å²) in [5.74, 6) is 0. The molecule has 0 spiro atoms.